The molecule has 5 aromatic rings. The molecule has 0 atom stereocenters. The first kappa shape index (κ1) is 11.7. The van der Waals surface area contributed by atoms with Crippen LogP contribution in [0.15, 0.2) is 61.2 Å². The number of hydrogen-bond donors (Lipinski definition) is 0. The van der Waals surface area contributed by atoms with E-state index in [4.69, 9.17) is 4.98 Å². The minimum Gasteiger partial charge on any atom is -0.356 e. The quantitative estimate of drug-likeness (QED) is 0.394. The van der Waals surface area contributed by atoms with Gasteiger partial charge in [0.2, 0.25) is 0 Å². The topological polar surface area (TPSA) is 30.7 Å². The second kappa shape index (κ2) is 4.04. The van der Waals surface area contributed by atoms with E-state index in [1.807, 2.05) is 25.5 Å². The van der Waals surface area contributed by atoms with E-state index in [0.29, 0.717) is 0 Å². The largest absolute Gasteiger partial charge is 0.356 e. The van der Waals surface area contributed by atoms with Crippen LogP contribution in [0.2, 0.25) is 0 Å². The first-order chi connectivity index (χ1) is 10.8. The third-order valence-corrected chi connectivity index (χ3v) is 4.34. The van der Waals surface area contributed by atoms with Gasteiger partial charge in [-0.05, 0) is 11.5 Å². The Labute approximate surface area is 126 Å². The zero-order valence-corrected chi connectivity index (χ0v) is 12.1. The highest BCUT2D eigenvalue weighted by Gasteiger charge is 2.13. The van der Waals surface area contributed by atoms with Crippen LogP contribution in [0.5, 0.6) is 0 Å². The Balaban J connectivity index is 2.23. The summed E-state index contributed by atoms with van der Waals surface area (Å²) in [6.07, 6.45) is 8.08. The van der Waals surface area contributed by atoms with Crippen LogP contribution in [0.25, 0.3) is 43.4 Å². The molecule has 0 aliphatic heterocycles. The molecule has 5 rings (SSSR count). The van der Waals surface area contributed by atoms with Gasteiger partial charge < -0.3 is 4.57 Å². The molecule has 0 fully saturated rings. The molecule has 0 saturated heterocycles. The van der Waals surface area contributed by atoms with Crippen molar-refractivity contribution in [3.8, 4) is 0 Å². The average molecular weight is 283 g/mol. The van der Waals surface area contributed by atoms with Crippen molar-refractivity contribution in [2.45, 2.75) is 0 Å². The lowest BCUT2D eigenvalue weighted by molar-refractivity contribution is 0.934. The number of nitrogens with zero attached hydrogens (tertiary/aromatic N) is 3. The highest BCUT2D eigenvalue weighted by atomic mass is 14.9. The second-order valence-corrected chi connectivity index (χ2v) is 5.72. The van der Waals surface area contributed by atoms with Gasteiger partial charge in [-0.2, -0.15) is 0 Å². The minimum absolute atomic E-state index is 1.05. The molecule has 0 spiro atoms. The molecule has 22 heavy (non-hydrogen) atoms. The monoisotopic (exact) mass is 283 g/mol. The van der Waals surface area contributed by atoms with Crippen molar-refractivity contribution in [2.24, 2.45) is 7.05 Å². The number of benzene rings is 2. The molecule has 0 unspecified atom stereocenters. The van der Waals surface area contributed by atoms with E-state index >= 15 is 0 Å². The Hall–Kier alpha value is -2.94. The van der Waals surface area contributed by atoms with Gasteiger partial charge in [0.05, 0.1) is 11.0 Å². The summed E-state index contributed by atoms with van der Waals surface area (Å²) in [5, 5.41) is 7.08. The van der Waals surface area contributed by atoms with Gasteiger partial charge in [0.25, 0.3) is 0 Å². The maximum absolute atomic E-state index is 4.76. The minimum atomic E-state index is 1.05. The summed E-state index contributed by atoms with van der Waals surface area (Å²) in [4.78, 5) is 9.40. The van der Waals surface area contributed by atoms with Crippen LogP contribution in [0.1, 0.15) is 0 Å². The van der Waals surface area contributed by atoms with Gasteiger partial charge in [-0.15, -0.1) is 0 Å². The summed E-state index contributed by atoms with van der Waals surface area (Å²) in [5.74, 6) is 0. The summed E-state index contributed by atoms with van der Waals surface area (Å²) in [6.45, 7) is 0. The summed E-state index contributed by atoms with van der Waals surface area (Å²) < 4.78 is 2.08. The molecule has 3 nitrogen and oxygen atoms in total. The van der Waals surface area contributed by atoms with E-state index in [1.54, 1.807) is 0 Å². The average Bonchev–Trinajstić information content (AvgIpc) is 2.96. The third kappa shape index (κ3) is 1.40. The molecule has 2 aromatic carbocycles. The molecule has 0 aliphatic carbocycles. The van der Waals surface area contributed by atoms with Crippen LogP contribution in [-0.2, 0) is 7.05 Å². The Bertz CT molecular complexity index is 1190. The maximum atomic E-state index is 4.76. The molecule has 0 aliphatic rings. The number of fused-ring (bicyclic) bond motifs is 8. The molecular formula is C19H13N3. The smallest absolute Gasteiger partial charge is 0.0809 e. The lowest BCUT2D eigenvalue weighted by Crippen LogP contribution is -1.87. The van der Waals surface area contributed by atoms with Crippen molar-refractivity contribution < 1.29 is 0 Å². The lowest BCUT2D eigenvalue weighted by atomic mass is 9.99. The van der Waals surface area contributed by atoms with Gasteiger partial charge in [0.15, 0.2) is 0 Å². The van der Waals surface area contributed by atoms with Crippen molar-refractivity contribution >= 4 is 43.4 Å². The molecule has 0 N–H and O–H groups in total. The van der Waals surface area contributed by atoms with E-state index in [0.717, 1.165) is 27.2 Å². The van der Waals surface area contributed by atoms with Gasteiger partial charge in [-0.1, -0.05) is 30.3 Å². The van der Waals surface area contributed by atoms with Crippen LogP contribution in [-0.4, -0.2) is 14.5 Å². The van der Waals surface area contributed by atoms with Gasteiger partial charge in [-0.3, -0.25) is 9.97 Å². The summed E-state index contributed by atoms with van der Waals surface area (Å²) >= 11 is 0. The van der Waals surface area contributed by atoms with Crippen molar-refractivity contribution in [2.75, 3.05) is 0 Å². The molecule has 3 heteroatoms. The summed E-state index contributed by atoms with van der Waals surface area (Å²) in [6, 6.07) is 12.6. The normalized spacial score (nSPS) is 11.9. The molecule has 0 radical (unpaired) electrons. The molecule has 0 saturated carbocycles. The standard InChI is InChI=1S/C19H13N3/c1-22-10-15-16(11-22)19-17(14-7-4-8-20-18(14)15)13-6-3-2-5-12(13)9-21-19/h2-11H,1H3. The van der Waals surface area contributed by atoms with E-state index in [2.05, 4.69) is 52.3 Å². The predicted octanol–water partition coefficient (Wildman–Crippen LogP) is 4.43. The number of hydrogen-bond acceptors (Lipinski definition) is 2. The van der Waals surface area contributed by atoms with Crippen LogP contribution in [0, 0.1) is 0 Å². The van der Waals surface area contributed by atoms with Crippen molar-refractivity contribution in [3.63, 3.8) is 0 Å². The Kier molecular flexibility index (Phi) is 2.15. The summed E-state index contributed by atoms with van der Waals surface area (Å²) in [7, 11) is 2.04. The zero-order chi connectivity index (χ0) is 14.7. The molecule has 0 bridgehead atoms. The Morgan fingerprint density at radius 2 is 1.55 bits per heavy atom. The lowest BCUT2D eigenvalue weighted by Gasteiger charge is -2.08. The van der Waals surface area contributed by atoms with Crippen LogP contribution < -0.4 is 0 Å². The van der Waals surface area contributed by atoms with Crippen molar-refractivity contribution in [3.05, 3.63) is 61.2 Å². The Morgan fingerprint density at radius 1 is 0.773 bits per heavy atom. The maximum Gasteiger partial charge on any atom is 0.0809 e. The predicted molar refractivity (Wildman–Crippen MR) is 91.0 cm³/mol. The van der Waals surface area contributed by atoms with E-state index < -0.39 is 0 Å². The molecular weight excluding hydrogens is 270 g/mol. The van der Waals surface area contributed by atoms with Crippen LogP contribution in [0.4, 0.5) is 0 Å². The number of aryl methyl sites for hydroxylation is 1. The van der Waals surface area contributed by atoms with Crippen LogP contribution in [0.3, 0.4) is 0 Å². The van der Waals surface area contributed by atoms with Crippen molar-refractivity contribution in [1.82, 2.24) is 14.5 Å². The third-order valence-electron chi connectivity index (χ3n) is 4.34. The number of aromatic nitrogens is 3. The SMILES string of the molecule is Cn1cc2c(c1)c1ncc3ccccc3c1c1cccnc21. The number of pyridine rings is 2. The molecule has 104 valence electrons. The molecule has 3 aromatic heterocycles. The molecule has 3 heterocycles. The second-order valence-electron chi connectivity index (χ2n) is 5.72. The van der Waals surface area contributed by atoms with Gasteiger partial charge in [0.1, 0.15) is 0 Å². The fourth-order valence-electron chi connectivity index (χ4n) is 3.42. The van der Waals surface area contributed by atoms with Crippen LogP contribution >= 0.6 is 0 Å². The van der Waals surface area contributed by atoms with E-state index in [1.165, 1.54) is 16.2 Å². The zero-order valence-electron chi connectivity index (χ0n) is 12.1. The summed E-state index contributed by atoms with van der Waals surface area (Å²) in [5.41, 5.74) is 2.10. The van der Waals surface area contributed by atoms with Gasteiger partial charge in [-0.25, -0.2) is 0 Å². The van der Waals surface area contributed by atoms with E-state index in [9.17, 15) is 0 Å². The van der Waals surface area contributed by atoms with Crippen molar-refractivity contribution in [1.29, 1.82) is 0 Å². The highest BCUT2D eigenvalue weighted by molar-refractivity contribution is 6.29. The fraction of sp³-hybridized carbons (Fsp3) is 0.0526. The van der Waals surface area contributed by atoms with Gasteiger partial charge >= 0.3 is 0 Å². The Morgan fingerprint density at radius 3 is 2.45 bits per heavy atom. The fourth-order valence-corrected chi connectivity index (χ4v) is 3.42. The first-order valence-corrected chi connectivity index (χ1v) is 7.33. The number of rotatable bonds is 0. The first-order valence-electron chi connectivity index (χ1n) is 7.33. The van der Waals surface area contributed by atoms with E-state index in [-0.39, 0.29) is 0 Å². The molecule has 0 amide bonds. The highest BCUT2D eigenvalue weighted by Crippen LogP contribution is 2.36. The van der Waals surface area contributed by atoms with Gasteiger partial charge in [0, 0.05) is 58.8 Å².